The molecule has 1 aliphatic carbocycles. The summed E-state index contributed by atoms with van der Waals surface area (Å²) in [6, 6.07) is 14.5. The van der Waals surface area contributed by atoms with Crippen molar-refractivity contribution in [2.75, 3.05) is 7.11 Å². The van der Waals surface area contributed by atoms with Gasteiger partial charge in [-0.1, -0.05) is 18.2 Å². The molecule has 2 aromatic carbocycles. The van der Waals surface area contributed by atoms with Gasteiger partial charge in [0.15, 0.2) is 11.6 Å². The number of hydrogen-bond donors (Lipinski definition) is 0. The molecule has 1 aromatic heterocycles. The summed E-state index contributed by atoms with van der Waals surface area (Å²) in [5.41, 5.74) is 3.26. The molecule has 118 valence electrons. The fourth-order valence-electron chi connectivity index (χ4n) is 3.25. The van der Waals surface area contributed by atoms with Crippen molar-refractivity contribution in [3.63, 3.8) is 0 Å². The summed E-state index contributed by atoms with van der Waals surface area (Å²) >= 11 is 0. The highest BCUT2D eigenvalue weighted by molar-refractivity contribution is 6.29. The number of ether oxygens (including phenoxy) is 1. The number of methoxy groups -OCH3 is 1. The summed E-state index contributed by atoms with van der Waals surface area (Å²) < 4.78 is 5.16. The van der Waals surface area contributed by atoms with E-state index in [0.717, 1.165) is 16.5 Å². The average molecular weight is 317 g/mol. The number of fused-ring (bicyclic) bond motifs is 2. The SMILES string of the molecule is COc1ccc2c(c1)C(=O)C(c1ccc3c(C)cccc3n1)C2=O. The molecule has 1 aliphatic rings. The van der Waals surface area contributed by atoms with E-state index in [2.05, 4.69) is 4.98 Å². The van der Waals surface area contributed by atoms with E-state index in [-0.39, 0.29) is 11.6 Å². The Morgan fingerprint density at radius 1 is 0.958 bits per heavy atom. The van der Waals surface area contributed by atoms with Crippen LogP contribution in [0.3, 0.4) is 0 Å². The number of aryl methyl sites for hydroxylation is 1. The molecule has 24 heavy (non-hydrogen) atoms. The Hall–Kier alpha value is -3.01. The van der Waals surface area contributed by atoms with Crippen molar-refractivity contribution in [2.24, 2.45) is 0 Å². The van der Waals surface area contributed by atoms with Crippen molar-refractivity contribution in [1.82, 2.24) is 4.98 Å². The van der Waals surface area contributed by atoms with Crippen LogP contribution in [0.5, 0.6) is 5.75 Å². The van der Waals surface area contributed by atoms with Crippen molar-refractivity contribution in [1.29, 1.82) is 0 Å². The largest absolute Gasteiger partial charge is 0.497 e. The lowest BCUT2D eigenvalue weighted by Gasteiger charge is -2.08. The molecule has 4 heteroatoms. The minimum Gasteiger partial charge on any atom is -0.497 e. The number of carbonyl (C=O) groups is 2. The second-order valence-corrected chi connectivity index (χ2v) is 5.95. The van der Waals surface area contributed by atoms with Crippen molar-refractivity contribution in [3.8, 4) is 5.75 Å². The van der Waals surface area contributed by atoms with Gasteiger partial charge < -0.3 is 4.74 Å². The van der Waals surface area contributed by atoms with Crippen molar-refractivity contribution < 1.29 is 14.3 Å². The topological polar surface area (TPSA) is 56.3 Å². The Balaban J connectivity index is 1.83. The van der Waals surface area contributed by atoms with E-state index >= 15 is 0 Å². The number of Topliss-reactive ketones (excluding diaryl/α,β-unsaturated/α-hetero) is 2. The molecule has 1 unspecified atom stereocenters. The highest BCUT2D eigenvalue weighted by Gasteiger charge is 2.40. The maximum absolute atomic E-state index is 12.8. The molecule has 0 radical (unpaired) electrons. The van der Waals surface area contributed by atoms with Crippen LogP contribution < -0.4 is 4.74 Å². The molecular formula is C20H15NO3. The fraction of sp³-hybridized carbons (Fsp3) is 0.150. The summed E-state index contributed by atoms with van der Waals surface area (Å²) in [5, 5.41) is 1.03. The minimum atomic E-state index is -0.864. The van der Waals surface area contributed by atoms with Crippen LogP contribution in [0.15, 0.2) is 48.5 Å². The Morgan fingerprint density at radius 3 is 2.54 bits per heavy atom. The standard InChI is InChI=1S/C20H15NO3/c1-11-4-3-5-16-13(11)8-9-17(21-16)18-19(22)14-7-6-12(24-2)10-15(14)20(18)23/h3-10,18H,1-2H3. The number of pyridine rings is 1. The van der Waals surface area contributed by atoms with Gasteiger partial charge in [-0.25, -0.2) is 0 Å². The first-order valence-corrected chi connectivity index (χ1v) is 7.73. The molecule has 0 saturated carbocycles. The molecule has 0 aliphatic heterocycles. The van der Waals surface area contributed by atoms with Crippen LogP contribution in [-0.4, -0.2) is 23.7 Å². The number of benzene rings is 2. The molecule has 3 aromatic rings. The molecule has 4 rings (SSSR count). The lowest BCUT2D eigenvalue weighted by Crippen LogP contribution is -2.14. The summed E-state index contributed by atoms with van der Waals surface area (Å²) in [7, 11) is 1.54. The van der Waals surface area contributed by atoms with Gasteiger partial charge in [0.2, 0.25) is 0 Å². The summed E-state index contributed by atoms with van der Waals surface area (Å²) in [5.74, 6) is -0.708. The van der Waals surface area contributed by atoms with Crippen LogP contribution in [-0.2, 0) is 0 Å². The smallest absolute Gasteiger partial charge is 0.180 e. The number of hydrogen-bond acceptors (Lipinski definition) is 4. The highest BCUT2D eigenvalue weighted by atomic mass is 16.5. The number of rotatable bonds is 2. The second-order valence-electron chi connectivity index (χ2n) is 5.95. The molecule has 0 spiro atoms. The minimum absolute atomic E-state index is 0.197. The third-order valence-electron chi connectivity index (χ3n) is 4.55. The van der Waals surface area contributed by atoms with Gasteiger partial charge in [-0.05, 0) is 42.8 Å². The van der Waals surface area contributed by atoms with Crippen molar-refractivity contribution >= 4 is 22.5 Å². The Kier molecular flexibility index (Phi) is 3.20. The quantitative estimate of drug-likeness (QED) is 0.676. The number of ketones is 2. The Labute approximate surface area is 139 Å². The Bertz CT molecular complexity index is 1010. The van der Waals surface area contributed by atoms with Gasteiger partial charge in [0.25, 0.3) is 0 Å². The molecule has 0 amide bonds. The molecule has 1 heterocycles. The van der Waals surface area contributed by atoms with Crippen molar-refractivity contribution in [3.05, 3.63) is 70.9 Å². The van der Waals surface area contributed by atoms with Gasteiger partial charge in [0.1, 0.15) is 11.7 Å². The fourth-order valence-corrected chi connectivity index (χ4v) is 3.25. The molecule has 0 fully saturated rings. The number of nitrogens with zero attached hydrogens (tertiary/aromatic N) is 1. The molecule has 4 nitrogen and oxygen atoms in total. The molecule has 1 atom stereocenters. The van der Waals surface area contributed by atoms with Gasteiger partial charge >= 0.3 is 0 Å². The maximum atomic E-state index is 12.8. The Morgan fingerprint density at radius 2 is 1.75 bits per heavy atom. The predicted molar refractivity (Wildman–Crippen MR) is 90.9 cm³/mol. The van der Waals surface area contributed by atoms with Crippen LogP contribution in [0.4, 0.5) is 0 Å². The van der Waals surface area contributed by atoms with Crippen LogP contribution in [0.1, 0.15) is 37.9 Å². The third kappa shape index (κ3) is 2.03. The van der Waals surface area contributed by atoms with E-state index < -0.39 is 5.92 Å². The van der Waals surface area contributed by atoms with Gasteiger partial charge in [-0.15, -0.1) is 0 Å². The summed E-state index contributed by atoms with van der Waals surface area (Å²) in [6.45, 7) is 2.01. The van der Waals surface area contributed by atoms with E-state index in [1.165, 1.54) is 7.11 Å². The molecule has 0 N–H and O–H groups in total. The highest BCUT2D eigenvalue weighted by Crippen LogP contribution is 2.35. The van der Waals surface area contributed by atoms with Crippen LogP contribution in [0, 0.1) is 6.92 Å². The zero-order valence-corrected chi connectivity index (χ0v) is 13.4. The molecule has 0 bridgehead atoms. The first kappa shape index (κ1) is 14.6. The van der Waals surface area contributed by atoms with Gasteiger partial charge in [-0.3, -0.25) is 14.6 Å². The number of aromatic nitrogens is 1. The van der Waals surface area contributed by atoms with Crippen LogP contribution in [0.25, 0.3) is 10.9 Å². The van der Waals surface area contributed by atoms with Crippen LogP contribution >= 0.6 is 0 Å². The summed E-state index contributed by atoms with van der Waals surface area (Å²) in [6.07, 6.45) is 0. The zero-order chi connectivity index (χ0) is 16.8. The molecule has 0 saturated heterocycles. The van der Waals surface area contributed by atoms with E-state index in [0.29, 0.717) is 22.6 Å². The van der Waals surface area contributed by atoms with Gasteiger partial charge in [0, 0.05) is 16.5 Å². The van der Waals surface area contributed by atoms with Crippen molar-refractivity contribution in [2.45, 2.75) is 12.8 Å². The maximum Gasteiger partial charge on any atom is 0.180 e. The normalized spacial score (nSPS) is 16.5. The molecular weight excluding hydrogens is 302 g/mol. The van der Waals surface area contributed by atoms with Crippen LogP contribution in [0.2, 0.25) is 0 Å². The zero-order valence-electron chi connectivity index (χ0n) is 13.4. The first-order valence-electron chi connectivity index (χ1n) is 7.73. The lowest BCUT2D eigenvalue weighted by atomic mass is 9.98. The van der Waals surface area contributed by atoms with E-state index in [1.807, 2.05) is 31.2 Å². The lowest BCUT2D eigenvalue weighted by molar-refractivity contribution is 0.0888. The first-order chi connectivity index (χ1) is 11.6. The monoisotopic (exact) mass is 317 g/mol. The third-order valence-corrected chi connectivity index (χ3v) is 4.55. The van der Waals surface area contributed by atoms with E-state index in [4.69, 9.17) is 4.74 Å². The number of carbonyl (C=O) groups excluding carboxylic acids is 2. The average Bonchev–Trinajstić information content (AvgIpc) is 2.85. The van der Waals surface area contributed by atoms with Gasteiger partial charge in [0.05, 0.1) is 18.3 Å². The van der Waals surface area contributed by atoms with E-state index in [1.54, 1.807) is 24.3 Å². The summed E-state index contributed by atoms with van der Waals surface area (Å²) in [4.78, 5) is 30.0. The van der Waals surface area contributed by atoms with E-state index in [9.17, 15) is 9.59 Å². The second kappa shape index (κ2) is 5.27. The van der Waals surface area contributed by atoms with Gasteiger partial charge in [-0.2, -0.15) is 0 Å². The predicted octanol–water partition coefficient (Wildman–Crippen LogP) is 3.71.